The molecule has 0 atom stereocenters. The summed E-state index contributed by atoms with van der Waals surface area (Å²) in [6.45, 7) is 1.92. The van der Waals surface area contributed by atoms with Gasteiger partial charge in [-0.2, -0.15) is 0 Å². The van der Waals surface area contributed by atoms with Crippen LogP contribution in [0.1, 0.15) is 5.82 Å². The fourth-order valence-corrected chi connectivity index (χ4v) is 2.57. The average Bonchev–Trinajstić information content (AvgIpc) is 3.00. The molecule has 0 unspecified atom stereocenters. The molecule has 98 valence electrons. The Bertz CT molecular complexity index is 730. The number of anilines is 1. The molecule has 1 N–H and O–H groups in total. The van der Waals surface area contributed by atoms with Gasteiger partial charge < -0.3 is 14.3 Å². The van der Waals surface area contributed by atoms with Crippen molar-refractivity contribution in [3.63, 3.8) is 0 Å². The zero-order chi connectivity index (χ0) is 13.4. The number of imidazole rings is 1. The van der Waals surface area contributed by atoms with Gasteiger partial charge in [0.15, 0.2) is 10.8 Å². The lowest BCUT2D eigenvalue weighted by molar-refractivity contribution is 0.764. The molecule has 0 amide bonds. The van der Waals surface area contributed by atoms with Gasteiger partial charge in [-0.1, -0.05) is 0 Å². The molecule has 3 aromatic heterocycles. The molecule has 0 aromatic carbocycles. The van der Waals surface area contributed by atoms with E-state index in [-0.39, 0.29) is 0 Å². The van der Waals surface area contributed by atoms with Crippen LogP contribution in [0.2, 0.25) is 0 Å². The SMILES string of the molecule is CNc1cn2ccnc2c(Sc2nnc(C)n2C)n1. The first-order valence-corrected chi connectivity index (χ1v) is 6.56. The van der Waals surface area contributed by atoms with Crippen molar-refractivity contribution in [2.75, 3.05) is 12.4 Å². The minimum absolute atomic E-state index is 0.784. The molecule has 0 saturated heterocycles. The van der Waals surface area contributed by atoms with E-state index in [4.69, 9.17) is 0 Å². The highest BCUT2D eigenvalue weighted by Crippen LogP contribution is 2.28. The Kier molecular flexibility index (Phi) is 2.86. The number of nitrogens with one attached hydrogen (secondary N) is 1. The first-order valence-electron chi connectivity index (χ1n) is 5.74. The highest BCUT2D eigenvalue weighted by Gasteiger charge is 2.13. The summed E-state index contributed by atoms with van der Waals surface area (Å²) in [5.41, 5.74) is 0.810. The predicted octanol–water partition coefficient (Wildman–Crippen LogP) is 1.36. The Morgan fingerprint density at radius 3 is 2.84 bits per heavy atom. The monoisotopic (exact) mass is 275 g/mol. The first-order chi connectivity index (χ1) is 9.19. The zero-order valence-electron chi connectivity index (χ0n) is 10.8. The average molecular weight is 275 g/mol. The molecule has 0 spiro atoms. The molecular weight excluding hydrogens is 262 g/mol. The second-order valence-corrected chi connectivity index (χ2v) is 4.99. The lowest BCUT2D eigenvalue weighted by Gasteiger charge is -2.06. The molecule has 3 aromatic rings. The summed E-state index contributed by atoms with van der Waals surface area (Å²) in [6, 6.07) is 0. The van der Waals surface area contributed by atoms with Crippen LogP contribution in [0.25, 0.3) is 5.65 Å². The maximum atomic E-state index is 4.52. The minimum Gasteiger partial charge on any atom is -0.372 e. The zero-order valence-corrected chi connectivity index (χ0v) is 11.6. The van der Waals surface area contributed by atoms with E-state index in [9.17, 15) is 0 Å². The van der Waals surface area contributed by atoms with Crippen molar-refractivity contribution in [3.8, 4) is 0 Å². The number of hydrogen-bond acceptors (Lipinski definition) is 6. The van der Waals surface area contributed by atoms with Crippen LogP contribution in [0.3, 0.4) is 0 Å². The largest absolute Gasteiger partial charge is 0.372 e. The third kappa shape index (κ3) is 2.03. The van der Waals surface area contributed by atoms with Gasteiger partial charge in [-0.15, -0.1) is 10.2 Å². The van der Waals surface area contributed by atoms with Gasteiger partial charge in [-0.3, -0.25) is 0 Å². The van der Waals surface area contributed by atoms with Gasteiger partial charge >= 0.3 is 0 Å². The Hall–Kier alpha value is -2.09. The van der Waals surface area contributed by atoms with Gasteiger partial charge in [0.05, 0.1) is 6.20 Å². The Morgan fingerprint density at radius 2 is 2.16 bits per heavy atom. The van der Waals surface area contributed by atoms with E-state index in [1.54, 1.807) is 6.20 Å². The highest BCUT2D eigenvalue weighted by molar-refractivity contribution is 7.99. The quantitative estimate of drug-likeness (QED) is 0.778. The van der Waals surface area contributed by atoms with E-state index in [1.165, 1.54) is 11.8 Å². The lowest BCUT2D eigenvalue weighted by atomic mass is 10.6. The maximum Gasteiger partial charge on any atom is 0.197 e. The van der Waals surface area contributed by atoms with Crippen LogP contribution in [0.4, 0.5) is 5.82 Å². The lowest BCUT2D eigenvalue weighted by Crippen LogP contribution is -1.99. The van der Waals surface area contributed by atoms with Crippen molar-refractivity contribution in [1.82, 2.24) is 29.1 Å². The molecule has 0 saturated carbocycles. The van der Waals surface area contributed by atoms with Gasteiger partial charge in [-0.25, -0.2) is 9.97 Å². The van der Waals surface area contributed by atoms with Gasteiger partial charge in [-0.05, 0) is 18.7 Å². The summed E-state index contributed by atoms with van der Waals surface area (Å²) in [4.78, 5) is 8.85. The number of aromatic nitrogens is 6. The van der Waals surface area contributed by atoms with Gasteiger partial charge in [0.25, 0.3) is 0 Å². The number of nitrogens with zero attached hydrogens (tertiary/aromatic N) is 6. The second-order valence-electron chi connectivity index (χ2n) is 4.03. The van der Waals surface area contributed by atoms with E-state index >= 15 is 0 Å². The first kappa shape index (κ1) is 12.0. The number of aryl methyl sites for hydroxylation is 1. The van der Waals surface area contributed by atoms with Crippen molar-refractivity contribution in [2.45, 2.75) is 17.1 Å². The van der Waals surface area contributed by atoms with E-state index in [1.807, 2.05) is 42.4 Å². The number of hydrogen-bond donors (Lipinski definition) is 1. The molecule has 0 aliphatic heterocycles. The van der Waals surface area contributed by atoms with Crippen molar-refractivity contribution < 1.29 is 0 Å². The maximum absolute atomic E-state index is 4.52. The molecule has 0 fully saturated rings. The van der Waals surface area contributed by atoms with Crippen molar-refractivity contribution >= 4 is 23.2 Å². The molecule has 0 radical (unpaired) electrons. The van der Waals surface area contributed by atoms with Gasteiger partial charge in [0.2, 0.25) is 0 Å². The van der Waals surface area contributed by atoms with E-state index in [0.717, 1.165) is 27.5 Å². The molecule has 7 nitrogen and oxygen atoms in total. The molecule has 0 aliphatic rings. The summed E-state index contributed by atoms with van der Waals surface area (Å²) in [7, 11) is 3.77. The summed E-state index contributed by atoms with van der Waals surface area (Å²) in [5.74, 6) is 1.65. The van der Waals surface area contributed by atoms with E-state index in [0.29, 0.717) is 0 Å². The smallest absolute Gasteiger partial charge is 0.197 e. The topological polar surface area (TPSA) is 72.9 Å². The summed E-state index contributed by atoms with van der Waals surface area (Å²) in [5, 5.41) is 12.8. The summed E-state index contributed by atoms with van der Waals surface area (Å²) < 4.78 is 3.86. The van der Waals surface area contributed by atoms with E-state index in [2.05, 4.69) is 25.5 Å². The van der Waals surface area contributed by atoms with Crippen LogP contribution in [0, 0.1) is 6.92 Å². The normalized spacial score (nSPS) is 11.1. The minimum atomic E-state index is 0.784. The molecule has 0 aliphatic carbocycles. The third-order valence-corrected chi connectivity index (χ3v) is 3.85. The van der Waals surface area contributed by atoms with E-state index < -0.39 is 0 Å². The molecule has 3 heterocycles. The van der Waals surface area contributed by atoms with Gasteiger partial charge in [0.1, 0.15) is 16.7 Å². The molecule has 8 heteroatoms. The molecule has 19 heavy (non-hydrogen) atoms. The molecule has 0 bridgehead atoms. The van der Waals surface area contributed by atoms with Crippen LogP contribution in [0.15, 0.2) is 28.8 Å². The Morgan fingerprint density at radius 1 is 1.32 bits per heavy atom. The Balaban J connectivity index is 2.08. The second kappa shape index (κ2) is 4.54. The Labute approximate surface area is 114 Å². The van der Waals surface area contributed by atoms with Crippen LogP contribution in [0.5, 0.6) is 0 Å². The summed E-state index contributed by atoms with van der Waals surface area (Å²) in [6.07, 6.45) is 5.54. The fourth-order valence-electron chi connectivity index (χ4n) is 1.65. The number of fused-ring (bicyclic) bond motifs is 1. The molecular formula is C11H13N7S. The van der Waals surface area contributed by atoms with Gasteiger partial charge in [0, 0.05) is 26.5 Å². The van der Waals surface area contributed by atoms with Crippen molar-refractivity contribution in [1.29, 1.82) is 0 Å². The van der Waals surface area contributed by atoms with Crippen LogP contribution >= 0.6 is 11.8 Å². The standard InChI is InChI=1S/C11H13N7S/c1-7-15-16-11(17(7)3)19-10-9-13-4-5-18(9)6-8(12-2)14-10/h4-6,12H,1-3H3. The van der Waals surface area contributed by atoms with Crippen LogP contribution < -0.4 is 5.32 Å². The molecule has 3 rings (SSSR count). The number of rotatable bonds is 3. The predicted molar refractivity (Wildman–Crippen MR) is 72.4 cm³/mol. The fraction of sp³-hybridized carbons (Fsp3) is 0.273. The highest BCUT2D eigenvalue weighted by atomic mass is 32.2. The van der Waals surface area contributed by atoms with Crippen LogP contribution in [-0.2, 0) is 7.05 Å². The van der Waals surface area contributed by atoms with Crippen molar-refractivity contribution in [3.05, 3.63) is 24.4 Å². The summed E-state index contributed by atoms with van der Waals surface area (Å²) >= 11 is 1.45. The van der Waals surface area contributed by atoms with Crippen LogP contribution in [-0.4, -0.2) is 36.2 Å². The third-order valence-electron chi connectivity index (χ3n) is 2.84. The van der Waals surface area contributed by atoms with Crippen molar-refractivity contribution in [2.24, 2.45) is 7.05 Å².